The third-order valence-corrected chi connectivity index (χ3v) is 2.57. The van der Waals surface area contributed by atoms with Gasteiger partial charge in [0.2, 0.25) is 5.91 Å². The Morgan fingerprint density at radius 2 is 1.90 bits per heavy atom. The van der Waals surface area contributed by atoms with Gasteiger partial charge in [0.15, 0.2) is 0 Å². The number of amides is 1. The minimum absolute atomic E-state index is 0.0326. The van der Waals surface area contributed by atoms with Gasteiger partial charge in [-0.2, -0.15) is 0 Å². The Hall–Kier alpha value is -2.18. The summed E-state index contributed by atoms with van der Waals surface area (Å²) in [7, 11) is 3.23. The first-order chi connectivity index (χ1) is 9.32. The zero-order valence-corrected chi connectivity index (χ0v) is 11.3. The fourth-order valence-corrected chi connectivity index (χ4v) is 1.41. The quantitative estimate of drug-likeness (QED) is 0.506. The van der Waals surface area contributed by atoms with Crippen molar-refractivity contribution in [2.45, 2.75) is 12.8 Å². The van der Waals surface area contributed by atoms with E-state index in [1.165, 1.54) is 4.90 Å². The number of esters is 1. The Bertz CT molecular complexity index is 519. The maximum absolute atomic E-state index is 13.4. The van der Waals surface area contributed by atoms with Gasteiger partial charge >= 0.3 is 5.97 Å². The van der Waals surface area contributed by atoms with Crippen LogP contribution in [0.4, 0.5) is 14.5 Å². The van der Waals surface area contributed by atoms with Crippen LogP contribution in [-0.4, -0.2) is 37.5 Å². The highest BCUT2D eigenvalue weighted by Crippen LogP contribution is 2.17. The van der Waals surface area contributed by atoms with E-state index < -0.39 is 23.2 Å². The molecule has 1 aromatic rings. The van der Waals surface area contributed by atoms with Crippen molar-refractivity contribution >= 4 is 17.6 Å². The average Bonchev–Trinajstić information content (AvgIpc) is 2.38. The summed E-state index contributed by atoms with van der Waals surface area (Å²) >= 11 is 0. The van der Waals surface area contributed by atoms with Crippen LogP contribution in [0.5, 0.6) is 0 Å². The van der Waals surface area contributed by atoms with Crippen molar-refractivity contribution in [3.8, 4) is 0 Å². The van der Waals surface area contributed by atoms with Gasteiger partial charge in [-0.1, -0.05) is 0 Å². The van der Waals surface area contributed by atoms with Crippen LogP contribution in [0.15, 0.2) is 12.1 Å². The predicted octanol–water partition coefficient (Wildman–Crippen LogP) is 1.57. The second kappa shape index (κ2) is 6.83. The molecule has 0 aromatic heterocycles. The maximum atomic E-state index is 13.4. The smallest absolute Gasteiger partial charge is 0.341 e. The second-order valence-corrected chi connectivity index (χ2v) is 4.38. The van der Waals surface area contributed by atoms with Crippen molar-refractivity contribution in [2.24, 2.45) is 0 Å². The normalized spacial score (nSPS) is 10.2. The summed E-state index contributed by atoms with van der Waals surface area (Å²) in [5, 5.41) is 0. The molecule has 0 aliphatic heterocycles. The molecule has 0 aliphatic carbocycles. The summed E-state index contributed by atoms with van der Waals surface area (Å²) in [4.78, 5) is 24.3. The number of nitrogens with two attached hydrogens (primary N) is 1. The van der Waals surface area contributed by atoms with E-state index in [2.05, 4.69) is 0 Å². The van der Waals surface area contributed by atoms with E-state index in [1.807, 2.05) is 0 Å². The summed E-state index contributed by atoms with van der Waals surface area (Å²) in [5.41, 5.74) is 4.50. The molecule has 0 saturated carbocycles. The van der Waals surface area contributed by atoms with Gasteiger partial charge in [-0.25, -0.2) is 13.6 Å². The fourth-order valence-electron chi connectivity index (χ4n) is 1.41. The summed E-state index contributed by atoms with van der Waals surface area (Å²) in [6, 6.07) is 1.42. The molecular weight excluding hydrogens is 270 g/mol. The predicted molar refractivity (Wildman–Crippen MR) is 69.0 cm³/mol. The largest absolute Gasteiger partial charge is 0.462 e. The first kappa shape index (κ1) is 15.9. The Labute approximate surface area is 115 Å². The first-order valence-corrected chi connectivity index (χ1v) is 5.94. The van der Waals surface area contributed by atoms with E-state index in [0.717, 1.165) is 6.07 Å². The molecule has 7 heteroatoms. The first-order valence-electron chi connectivity index (χ1n) is 5.94. The monoisotopic (exact) mass is 286 g/mol. The van der Waals surface area contributed by atoms with E-state index >= 15 is 0 Å². The molecule has 5 nitrogen and oxygen atoms in total. The van der Waals surface area contributed by atoms with Crippen LogP contribution in [0.1, 0.15) is 23.2 Å². The molecule has 2 N–H and O–H groups in total. The topological polar surface area (TPSA) is 72.6 Å². The van der Waals surface area contributed by atoms with Crippen LogP contribution in [0.25, 0.3) is 0 Å². The van der Waals surface area contributed by atoms with Gasteiger partial charge in [-0.15, -0.1) is 0 Å². The number of halogens is 2. The van der Waals surface area contributed by atoms with E-state index in [4.69, 9.17) is 10.5 Å². The molecule has 1 amide bonds. The zero-order valence-electron chi connectivity index (χ0n) is 11.3. The van der Waals surface area contributed by atoms with Gasteiger partial charge in [-0.05, 0) is 12.5 Å². The van der Waals surface area contributed by atoms with Crippen LogP contribution in [0.2, 0.25) is 0 Å². The van der Waals surface area contributed by atoms with E-state index in [1.54, 1.807) is 14.1 Å². The molecule has 0 radical (unpaired) electrons. The molecule has 0 aliphatic rings. The number of ether oxygens (including phenoxy) is 1. The van der Waals surface area contributed by atoms with Gasteiger partial charge in [-0.3, -0.25) is 4.79 Å². The van der Waals surface area contributed by atoms with Crippen LogP contribution < -0.4 is 5.73 Å². The van der Waals surface area contributed by atoms with Gasteiger partial charge in [0, 0.05) is 26.6 Å². The average molecular weight is 286 g/mol. The van der Waals surface area contributed by atoms with Crippen molar-refractivity contribution in [3.63, 3.8) is 0 Å². The zero-order chi connectivity index (χ0) is 15.3. The van der Waals surface area contributed by atoms with E-state index in [-0.39, 0.29) is 24.6 Å². The number of carbonyl (C=O) groups excluding carboxylic acids is 2. The molecule has 0 heterocycles. The number of nitrogens with zero attached hydrogens (tertiary/aromatic N) is 1. The highest BCUT2D eigenvalue weighted by Gasteiger charge is 2.16. The third-order valence-electron chi connectivity index (χ3n) is 2.57. The molecule has 0 fully saturated rings. The van der Waals surface area contributed by atoms with E-state index in [9.17, 15) is 18.4 Å². The minimum Gasteiger partial charge on any atom is -0.462 e. The summed E-state index contributed by atoms with van der Waals surface area (Å²) in [6.07, 6.45) is 0.537. The van der Waals surface area contributed by atoms with Crippen molar-refractivity contribution in [1.82, 2.24) is 4.90 Å². The van der Waals surface area contributed by atoms with E-state index in [0.29, 0.717) is 12.5 Å². The van der Waals surface area contributed by atoms with Crippen molar-refractivity contribution in [1.29, 1.82) is 0 Å². The lowest BCUT2D eigenvalue weighted by atomic mass is 10.2. The van der Waals surface area contributed by atoms with Crippen LogP contribution in [0, 0.1) is 11.6 Å². The molecule has 0 unspecified atom stereocenters. The van der Waals surface area contributed by atoms with Crippen LogP contribution in [0.3, 0.4) is 0 Å². The third kappa shape index (κ3) is 4.18. The summed E-state index contributed by atoms with van der Waals surface area (Å²) in [6.45, 7) is -0.0326. The molecule has 1 rings (SSSR count). The lowest BCUT2D eigenvalue weighted by Crippen LogP contribution is -2.21. The Morgan fingerprint density at radius 1 is 1.25 bits per heavy atom. The summed E-state index contributed by atoms with van der Waals surface area (Å²) in [5.74, 6) is -3.01. The molecule has 0 bridgehead atoms. The standard InChI is InChI=1S/C13H16F2N2O3/c1-17(2)12(18)4-3-5-20-13(19)8-6-11(16)10(15)7-9(8)14/h6-7H,3-5,16H2,1-2H3. The number of nitrogen functional groups attached to an aromatic ring is 1. The second-order valence-electron chi connectivity index (χ2n) is 4.38. The van der Waals surface area contributed by atoms with Crippen LogP contribution >= 0.6 is 0 Å². The molecule has 20 heavy (non-hydrogen) atoms. The fraction of sp³-hybridized carbons (Fsp3) is 0.385. The van der Waals surface area contributed by atoms with Crippen molar-refractivity contribution in [3.05, 3.63) is 29.3 Å². The molecule has 1 aromatic carbocycles. The van der Waals surface area contributed by atoms with Crippen molar-refractivity contribution < 1.29 is 23.1 Å². The Morgan fingerprint density at radius 3 is 2.50 bits per heavy atom. The minimum atomic E-state index is -1.04. The van der Waals surface area contributed by atoms with Crippen molar-refractivity contribution in [2.75, 3.05) is 26.4 Å². The number of anilines is 1. The number of hydrogen-bond donors (Lipinski definition) is 1. The lowest BCUT2D eigenvalue weighted by Gasteiger charge is -2.10. The van der Waals surface area contributed by atoms with Gasteiger partial charge in [0.25, 0.3) is 0 Å². The van der Waals surface area contributed by atoms with Gasteiger partial charge < -0.3 is 15.4 Å². The summed E-state index contributed by atoms with van der Waals surface area (Å²) < 4.78 is 31.1. The molecular formula is C13H16F2N2O3. The maximum Gasteiger partial charge on any atom is 0.341 e. The molecule has 0 saturated heterocycles. The number of benzene rings is 1. The molecule has 110 valence electrons. The van der Waals surface area contributed by atoms with Gasteiger partial charge in [0.05, 0.1) is 17.9 Å². The highest BCUT2D eigenvalue weighted by atomic mass is 19.1. The number of rotatable bonds is 5. The Balaban J connectivity index is 2.52. The highest BCUT2D eigenvalue weighted by molar-refractivity contribution is 5.90. The number of hydrogen-bond acceptors (Lipinski definition) is 4. The van der Waals surface area contributed by atoms with Gasteiger partial charge in [0.1, 0.15) is 11.6 Å². The Kier molecular flexibility index (Phi) is 5.42. The SMILES string of the molecule is CN(C)C(=O)CCCOC(=O)c1cc(N)c(F)cc1F. The molecule has 0 atom stereocenters. The molecule has 0 spiro atoms. The number of carbonyl (C=O) groups is 2. The lowest BCUT2D eigenvalue weighted by molar-refractivity contribution is -0.128. The van der Waals surface area contributed by atoms with Crippen LogP contribution in [-0.2, 0) is 9.53 Å².